The van der Waals surface area contributed by atoms with Crippen molar-refractivity contribution in [3.8, 4) is 0 Å². The van der Waals surface area contributed by atoms with Gasteiger partial charge in [0.1, 0.15) is 0 Å². The number of benzene rings is 2. The van der Waals surface area contributed by atoms with Crippen molar-refractivity contribution in [3.05, 3.63) is 58.7 Å². The summed E-state index contributed by atoms with van der Waals surface area (Å²) in [6.07, 6.45) is 9.80. The van der Waals surface area contributed by atoms with E-state index in [1.807, 2.05) is 3.58 Å². The van der Waals surface area contributed by atoms with Crippen LogP contribution in [0.5, 0.6) is 0 Å². The Balaban J connectivity index is 1.58. The van der Waals surface area contributed by atoms with E-state index in [2.05, 4.69) is 80.8 Å². The van der Waals surface area contributed by atoms with Gasteiger partial charge in [0.05, 0.1) is 0 Å². The minimum absolute atomic E-state index is 0.253. The second-order valence-corrected chi connectivity index (χ2v) is 25.5. The summed E-state index contributed by atoms with van der Waals surface area (Å²) in [7, 11) is 0. The Hall–Kier alpha value is -1.04. The molecule has 4 heteroatoms. The third kappa shape index (κ3) is 6.81. The van der Waals surface area contributed by atoms with E-state index in [0.717, 1.165) is 39.0 Å². The fourth-order valence-corrected chi connectivity index (χ4v) is 24.5. The van der Waals surface area contributed by atoms with Crippen LogP contribution >= 0.6 is 0 Å². The normalized spacial score (nSPS) is 20.5. The van der Waals surface area contributed by atoms with Crippen molar-refractivity contribution in [1.82, 2.24) is 4.90 Å². The molecular formula is C34H54N2OSn. The van der Waals surface area contributed by atoms with Crippen LogP contribution in [-0.4, -0.2) is 66.7 Å². The number of fused-ring (bicyclic) bond motifs is 1. The van der Waals surface area contributed by atoms with E-state index in [1.165, 1.54) is 74.2 Å². The van der Waals surface area contributed by atoms with Gasteiger partial charge in [-0.3, -0.25) is 0 Å². The Bertz CT molecular complexity index is 1010. The van der Waals surface area contributed by atoms with E-state index in [0.29, 0.717) is 0 Å². The zero-order valence-corrected chi connectivity index (χ0v) is 27.9. The molecule has 0 spiro atoms. The van der Waals surface area contributed by atoms with E-state index in [1.54, 1.807) is 5.56 Å². The maximum absolute atomic E-state index is 11.4. The Morgan fingerprint density at radius 3 is 2.05 bits per heavy atom. The van der Waals surface area contributed by atoms with Crippen molar-refractivity contribution in [1.29, 1.82) is 0 Å². The fraction of sp³-hybridized carbons (Fsp3) is 0.647. The van der Waals surface area contributed by atoms with Crippen molar-refractivity contribution in [2.24, 2.45) is 0 Å². The molecule has 1 saturated heterocycles. The Morgan fingerprint density at radius 2 is 1.45 bits per heavy atom. The van der Waals surface area contributed by atoms with E-state index in [9.17, 15) is 5.11 Å². The van der Waals surface area contributed by atoms with Crippen LogP contribution < -0.4 is 8.48 Å². The van der Waals surface area contributed by atoms with Gasteiger partial charge in [0.25, 0.3) is 0 Å². The molecule has 210 valence electrons. The van der Waals surface area contributed by atoms with Gasteiger partial charge in [-0.05, 0) is 0 Å². The van der Waals surface area contributed by atoms with Gasteiger partial charge in [-0.15, -0.1) is 0 Å². The van der Waals surface area contributed by atoms with Crippen molar-refractivity contribution >= 4 is 27.6 Å². The first-order chi connectivity index (χ1) is 18.4. The third-order valence-corrected chi connectivity index (χ3v) is 25.5. The van der Waals surface area contributed by atoms with Crippen LogP contribution in [0, 0.1) is 13.8 Å². The van der Waals surface area contributed by atoms with Gasteiger partial charge in [-0.25, -0.2) is 0 Å². The van der Waals surface area contributed by atoms with E-state index in [-0.39, 0.29) is 12.1 Å². The average Bonchev–Trinajstić information content (AvgIpc) is 2.93. The van der Waals surface area contributed by atoms with Gasteiger partial charge in [0.15, 0.2) is 0 Å². The maximum atomic E-state index is 11.4. The Kier molecular flexibility index (Phi) is 11.1. The van der Waals surface area contributed by atoms with Crippen molar-refractivity contribution < 1.29 is 5.11 Å². The van der Waals surface area contributed by atoms with Crippen LogP contribution in [0.1, 0.15) is 81.5 Å². The van der Waals surface area contributed by atoms with Crippen LogP contribution in [0.15, 0.2) is 36.4 Å². The Labute approximate surface area is 237 Å². The molecule has 1 fully saturated rings. The quantitative estimate of drug-likeness (QED) is 0.257. The van der Waals surface area contributed by atoms with Crippen LogP contribution in [0.3, 0.4) is 0 Å². The predicted octanol–water partition coefficient (Wildman–Crippen LogP) is 7.01. The second-order valence-electron chi connectivity index (χ2n) is 12.4. The topological polar surface area (TPSA) is 26.7 Å². The van der Waals surface area contributed by atoms with Crippen molar-refractivity contribution in [2.45, 2.75) is 111 Å². The average molecular weight is 626 g/mol. The first-order valence-corrected chi connectivity index (χ1v) is 23.3. The summed E-state index contributed by atoms with van der Waals surface area (Å²) in [4.78, 5) is 5.20. The molecule has 1 N–H and O–H groups in total. The first-order valence-electron chi connectivity index (χ1n) is 15.8. The van der Waals surface area contributed by atoms with Crippen LogP contribution in [0.25, 0.3) is 0 Å². The molecule has 2 aromatic carbocycles. The van der Waals surface area contributed by atoms with Crippen LogP contribution in [-0.2, 0) is 12.8 Å². The van der Waals surface area contributed by atoms with Gasteiger partial charge in [0.2, 0.25) is 0 Å². The molecule has 2 atom stereocenters. The summed E-state index contributed by atoms with van der Waals surface area (Å²) in [5.41, 5.74) is 7.24. The summed E-state index contributed by atoms with van der Waals surface area (Å²) in [5, 5.41) is 11.4. The molecule has 2 aliphatic rings. The number of aliphatic hydroxyl groups excluding tert-OH is 1. The molecular weight excluding hydrogens is 571 g/mol. The molecule has 38 heavy (non-hydrogen) atoms. The second kappa shape index (κ2) is 14.0. The van der Waals surface area contributed by atoms with Crippen LogP contribution in [0.2, 0.25) is 13.3 Å². The molecule has 2 aromatic rings. The summed E-state index contributed by atoms with van der Waals surface area (Å²) in [5.74, 6) is 0. The summed E-state index contributed by atoms with van der Waals surface area (Å²) < 4.78 is 6.40. The fourth-order valence-electron chi connectivity index (χ4n) is 7.32. The first kappa shape index (κ1) is 29.9. The number of hydrogen-bond acceptors (Lipinski definition) is 3. The molecule has 0 unspecified atom stereocenters. The van der Waals surface area contributed by atoms with Crippen LogP contribution in [0.4, 0.5) is 5.69 Å². The molecule has 0 amide bonds. The molecule has 4 rings (SSSR count). The molecule has 1 aliphatic heterocycles. The van der Waals surface area contributed by atoms with Crippen molar-refractivity contribution in [3.63, 3.8) is 0 Å². The minimum atomic E-state index is -2.55. The number of aliphatic hydroxyl groups is 1. The molecule has 1 aliphatic carbocycles. The number of anilines is 1. The number of hydrogen-bond donors (Lipinski definition) is 1. The van der Waals surface area contributed by atoms with Gasteiger partial charge < -0.3 is 0 Å². The molecule has 3 nitrogen and oxygen atoms in total. The molecule has 1 heterocycles. The van der Waals surface area contributed by atoms with Crippen molar-refractivity contribution in [2.75, 3.05) is 31.1 Å². The molecule has 0 radical (unpaired) electrons. The molecule has 0 saturated carbocycles. The monoisotopic (exact) mass is 626 g/mol. The number of aryl methyl sites for hydroxylation is 2. The number of rotatable bonds is 12. The summed E-state index contributed by atoms with van der Waals surface area (Å²) in [6, 6.07) is 14.3. The van der Waals surface area contributed by atoms with E-state index in [4.69, 9.17) is 0 Å². The van der Waals surface area contributed by atoms with Gasteiger partial charge in [-0.1, -0.05) is 0 Å². The zero-order valence-electron chi connectivity index (χ0n) is 25.1. The van der Waals surface area contributed by atoms with E-state index >= 15 is 0 Å². The Morgan fingerprint density at radius 1 is 0.816 bits per heavy atom. The zero-order chi connectivity index (χ0) is 27.1. The summed E-state index contributed by atoms with van der Waals surface area (Å²) in [6.45, 7) is 15.7. The molecule has 0 bridgehead atoms. The standard InChI is InChI=1S/C22H27N2O.3C4H9.Sn/c1-16-7-8-17(2)20(13-16)23-9-11-24(12-10-23)21-14-18-5-3-4-6-19(18)15-22(21)25;3*1-3-4-2;/h3-4,6-8,13,21-22,25H,9-12,14-15H2,1-2H3;3*1,3-4H2,2H3;/t21-,22-;;;;/m1..../s1. The summed E-state index contributed by atoms with van der Waals surface area (Å²) >= 11 is -2.55. The predicted molar refractivity (Wildman–Crippen MR) is 168 cm³/mol. The van der Waals surface area contributed by atoms with Gasteiger partial charge in [0, 0.05) is 0 Å². The SMILES string of the molecule is CCC[CH2][Sn]([CH2]CCC)([CH2]CCC)[c]1cccc2c1C[C@@H](N1CCN(c3cc(C)ccc3C)CC1)[C@H](O)C2. The number of piperazine rings is 1. The number of nitrogens with zero attached hydrogens (tertiary/aromatic N) is 2. The number of unbranched alkanes of at least 4 members (excludes halogenated alkanes) is 3. The third-order valence-electron chi connectivity index (χ3n) is 9.65. The van der Waals surface area contributed by atoms with Gasteiger partial charge in [-0.2, -0.15) is 0 Å². The van der Waals surface area contributed by atoms with E-state index < -0.39 is 18.4 Å². The molecule has 0 aromatic heterocycles. The van der Waals surface area contributed by atoms with Gasteiger partial charge >= 0.3 is 239 Å².